The first-order valence-corrected chi connectivity index (χ1v) is 4.94. The summed E-state index contributed by atoms with van der Waals surface area (Å²) in [6.45, 7) is 4.21. The number of aromatic hydroxyl groups is 1. The highest BCUT2D eigenvalue weighted by molar-refractivity contribution is 5.75. The van der Waals surface area contributed by atoms with Crippen LogP contribution in [-0.2, 0) is 16.0 Å². The molecule has 1 aliphatic heterocycles. The second-order valence-electron chi connectivity index (χ2n) is 3.87. The summed E-state index contributed by atoms with van der Waals surface area (Å²) < 4.78 is 4.92. The van der Waals surface area contributed by atoms with Crippen molar-refractivity contribution in [2.45, 2.75) is 6.42 Å². The molecule has 1 radical (unpaired) electrons. The van der Waals surface area contributed by atoms with Crippen LogP contribution in [-0.4, -0.2) is 17.7 Å². The quantitative estimate of drug-likeness (QED) is 0.745. The molecule has 1 aliphatic rings. The Morgan fingerprint density at radius 1 is 1.53 bits per heavy atom. The molecule has 3 heteroatoms. The SMILES string of the molecule is [CH2]C1C(=O)OCC1Cc1cccc(O)c1. The molecule has 0 aromatic heterocycles. The van der Waals surface area contributed by atoms with Gasteiger partial charge in [-0.1, -0.05) is 12.1 Å². The third kappa shape index (κ3) is 2.12. The monoisotopic (exact) mass is 205 g/mol. The van der Waals surface area contributed by atoms with E-state index in [1.165, 1.54) is 0 Å². The molecular weight excluding hydrogens is 192 g/mol. The van der Waals surface area contributed by atoms with Crippen molar-refractivity contribution in [3.8, 4) is 5.75 Å². The molecule has 2 atom stereocenters. The largest absolute Gasteiger partial charge is 0.508 e. The van der Waals surface area contributed by atoms with Crippen LogP contribution in [0.1, 0.15) is 5.56 Å². The Labute approximate surface area is 88.7 Å². The van der Waals surface area contributed by atoms with Crippen LogP contribution in [0.2, 0.25) is 0 Å². The van der Waals surface area contributed by atoms with E-state index < -0.39 is 0 Å². The van der Waals surface area contributed by atoms with E-state index in [2.05, 4.69) is 6.92 Å². The van der Waals surface area contributed by atoms with Crippen LogP contribution in [0.3, 0.4) is 0 Å². The average Bonchev–Trinajstić information content (AvgIpc) is 2.50. The normalized spacial score (nSPS) is 25.3. The highest BCUT2D eigenvalue weighted by atomic mass is 16.5. The van der Waals surface area contributed by atoms with Crippen molar-refractivity contribution >= 4 is 5.97 Å². The topological polar surface area (TPSA) is 46.5 Å². The molecule has 1 fully saturated rings. The van der Waals surface area contributed by atoms with Gasteiger partial charge < -0.3 is 9.84 Å². The Balaban J connectivity index is 2.06. The van der Waals surface area contributed by atoms with Crippen LogP contribution in [0.15, 0.2) is 24.3 Å². The Hall–Kier alpha value is -1.51. The van der Waals surface area contributed by atoms with Gasteiger partial charge in [-0.15, -0.1) is 0 Å². The molecule has 1 aromatic rings. The van der Waals surface area contributed by atoms with E-state index in [0.29, 0.717) is 13.0 Å². The molecule has 2 rings (SSSR count). The summed E-state index contributed by atoms with van der Waals surface area (Å²) in [5.41, 5.74) is 1.01. The van der Waals surface area contributed by atoms with Gasteiger partial charge in [0.2, 0.25) is 0 Å². The van der Waals surface area contributed by atoms with Crippen molar-refractivity contribution in [1.29, 1.82) is 0 Å². The molecule has 1 aromatic carbocycles. The zero-order valence-electron chi connectivity index (χ0n) is 8.35. The highest BCUT2D eigenvalue weighted by Gasteiger charge is 2.32. The molecule has 0 saturated carbocycles. The number of phenolic OH excluding ortho intramolecular Hbond substituents is 1. The van der Waals surface area contributed by atoms with Crippen LogP contribution in [0.4, 0.5) is 0 Å². The molecule has 2 unspecified atom stereocenters. The summed E-state index contributed by atoms with van der Waals surface area (Å²) >= 11 is 0. The van der Waals surface area contributed by atoms with Crippen molar-refractivity contribution in [2.24, 2.45) is 11.8 Å². The van der Waals surface area contributed by atoms with Gasteiger partial charge in [-0.2, -0.15) is 0 Å². The maximum atomic E-state index is 11.1. The Bertz CT molecular complexity index is 373. The zero-order chi connectivity index (χ0) is 10.8. The fraction of sp³-hybridized carbons (Fsp3) is 0.333. The van der Waals surface area contributed by atoms with E-state index in [9.17, 15) is 9.90 Å². The molecular formula is C12H13O3. The predicted octanol–water partition coefficient (Wildman–Crippen LogP) is 1.56. The van der Waals surface area contributed by atoms with Gasteiger partial charge in [-0.05, 0) is 31.0 Å². The zero-order valence-corrected chi connectivity index (χ0v) is 8.35. The molecule has 15 heavy (non-hydrogen) atoms. The lowest BCUT2D eigenvalue weighted by Crippen LogP contribution is -2.14. The lowest BCUT2D eigenvalue weighted by atomic mass is 9.91. The average molecular weight is 205 g/mol. The van der Waals surface area contributed by atoms with Gasteiger partial charge in [0, 0.05) is 5.92 Å². The van der Waals surface area contributed by atoms with Crippen molar-refractivity contribution in [2.75, 3.05) is 6.61 Å². The Kier molecular flexibility index (Phi) is 2.62. The van der Waals surface area contributed by atoms with Gasteiger partial charge in [0.25, 0.3) is 0 Å². The number of carbonyl (C=O) groups is 1. The van der Waals surface area contributed by atoms with E-state index in [4.69, 9.17) is 4.74 Å². The lowest BCUT2D eigenvalue weighted by Gasteiger charge is -2.10. The van der Waals surface area contributed by atoms with Gasteiger partial charge in [-0.3, -0.25) is 4.79 Å². The third-order valence-corrected chi connectivity index (χ3v) is 2.72. The van der Waals surface area contributed by atoms with Crippen LogP contribution in [0, 0.1) is 18.8 Å². The van der Waals surface area contributed by atoms with E-state index in [1.54, 1.807) is 18.2 Å². The molecule has 0 spiro atoms. The molecule has 1 N–H and O–H groups in total. The summed E-state index contributed by atoms with van der Waals surface area (Å²) in [6.07, 6.45) is 0.717. The van der Waals surface area contributed by atoms with E-state index in [0.717, 1.165) is 5.56 Å². The van der Waals surface area contributed by atoms with Crippen molar-refractivity contribution in [3.05, 3.63) is 36.8 Å². The van der Waals surface area contributed by atoms with E-state index >= 15 is 0 Å². The van der Waals surface area contributed by atoms with Crippen LogP contribution >= 0.6 is 0 Å². The highest BCUT2D eigenvalue weighted by Crippen LogP contribution is 2.25. The minimum Gasteiger partial charge on any atom is -0.508 e. The number of ether oxygens (including phenoxy) is 1. The summed E-state index contributed by atoms with van der Waals surface area (Å²) in [5, 5.41) is 9.29. The van der Waals surface area contributed by atoms with Gasteiger partial charge in [0.1, 0.15) is 5.75 Å². The first-order valence-electron chi connectivity index (χ1n) is 4.94. The first kappa shape index (κ1) is 10.0. The molecule has 3 nitrogen and oxygen atoms in total. The standard InChI is InChI=1S/C12H13O3/c1-8-10(7-15-12(8)14)5-9-3-2-4-11(13)6-9/h2-4,6,8,10,13H,1,5,7H2. The Morgan fingerprint density at radius 3 is 2.93 bits per heavy atom. The summed E-state index contributed by atoms with van der Waals surface area (Å²) in [5.74, 6) is -0.134. The van der Waals surface area contributed by atoms with Crippen molar-refractivity contribution < 1.29 is 14.6 Å². The first-order chi connectivity index (χ1) is 7.16. The molecule has 79 valence electrons. The second kappa shape index (κ2) is 3.93. The van der Waals surface area contributed by atoms with Gasteiger partial charge >= 0.3 is 5.97 Å². The lowest BCUT2D eigenvalue weighted by molar-refractivity contribution is -0.140. The Morgan fingerprint density at radius 2 is 2.33 bits per heavy atom. The van der Waals surface area contributed by atoms with Crippen LogP contribution < -0.4 is 0 Å². The molecule has 0 aliphatic carbocycles. The smallest absolute Gasteiger partial charge is 0.309 e. The minimum absolute atomic E-state index is 0.124. The fourth-order valence-electron chi connectivity index (χ4n) is 1.79. The molecule has 0 amide bonds. The van der Waals surface area contributed by atoms with Gasteiger partial charge in [-0.25, -0.2) is 0 Å². The number of esters is 1. The van der Waals surface area contributed by atoms with Crippen molar-refractivity contribution in [3.63, 3.8) is 0 Å². The number of hydrogen-bond acceptors (Lipinski definition) is 3. The molecule has 1 heterocycles. The van der Waals surface area contributed by atoms with E-state index in [1.807, 2.05) is 6.07 Å². The number of cyclic esters (lactones) is 1. The summed E-state index contributed by atoms with van der Waals surface area (Å²) in [6, 6.07) is 7.05. The van der Waals surface area contributed by atoms with Crippen LogP contribution in [0.25, 0.3) is 0 Å². The number of benzene rings is 1. The van der Waals surface area contributed by atoms with Gasteiger partial charge in [0.05, 0.1) is 12.5 Å². The number of rotatable bonds is 2. The van der Waals surface area contributed by atoms with E-state index in [-0.39, 0.29) is 23.6 Å². The maximum Gasteiger partial charge on any atom is 0.309 e. The maximum absolute atomic E-state index is 11.1. The van der Waals surface area contributed by atoms with Crippen molar-refractivity contribution in [1.82, 2.24) is 0 Å². The number of phenols is 1. The summed E-state index contributed by atoms with van der Waals surface area (Å²) in [4.78, 5) is 11.1. The summed E-state index contributed by atoms with van der Waals surface area (Å²) in [7, 11) is 0. The molecule has 1 saturated heterocycles. The second-order valence-corrected chi connectivity index (χ2v) is 3.87. The minimum atomic E-state index is -0.285. The fourth-order valence-corrected chi connectivity index (χ4v) is 1.79. The molecule has 0 bridgehead atoms. The third-order valence-electron chi connectivity index (χ3n) is 2.72. The number of hydrogen-bond donors (Lipinski definition) is 1. The van der Waals surface area contributed by atoms with Gasteiger partial charge in [0.15, 0.2) is 0 Å². The van der Waals surface area contributed by atoms with Crippen LogP contribution in [0.5, 0.6) is 5.75 Å². The predicted molar refractivity (Wildman–Crippen MR) is 55.1 cm³/mol. The number of carbonyl (C=O) groups excluding carboxylic acids is 1.